The fourth-order valence-corrected chi connectivity index (χ4v) is 1.72. The highest BCUT2D eigenvalue weighted by Crippen LogP contribution is 2.26. The Morgan fingerprint density at radius 1 is 1.24 bits per heavy atom. The summed E-state index contributed by atoms with van der Waals surface area (Å²) in [5.74, 6) is -0.549. The fraction of sp³-hybridized carbons (Fsp3) is 0.143. The maximum absolute atomic E-state index is 12.0. The molecule has 2 rings (SSSR count). The van der Waals surface area contributed by atoms with Gasteiger partial charge in [0.05, 0.1) is 10.7 Å². The average molecular weight is 305 g/mol. The number of halogens is 1. The Kier molecular flexibility index (Phi) is 4.84. The van der Waals surface area contributed by atoms with Crippen LogP contribution in [-0.4, -0.2) is 22.0 Å². The van der Waals surface area contributed by atoms with Crippen LogP contribution in [0.15, 0.2) is 36.5 Å². The first-order valence-electron chi connectivity index (χ1n) is 6.28. The summed E-state index contributed by atoms with van der Waals surface area (Å²) in [6.45, 7) is 1.75. The molecule has 1 aromatic carbocycles. The molecule has 6 nitrogen and oxygen atoms in total. The lowest BCUT2D eigenvalue weighted by Crippen LogP contribution is -2.15. The molecule has 2 aromatic rings. The molecule has 2 amide bonds. The third-order valence-electron chi connectivity index (χ3n) is 2.62. The summed E-state index contributed by atoms with van der Waals surface area (Å²) in [6, 6.07) is 8.00. The van der Waals surface area contributed by atoms with Crippen LogP contribution in [0.2, 0.25) is 5.02 Å². The molecule has 2 N–H and O–H groups in total. The molecule has 0 fully saturated rings. The molecule has 1 aromatic heterocycles. The minimum atomic E-state index is -0.427. The second kappa shape index (κ2) is 6.81. The Balaban J connectivity index is 2.17. The van der Waals surface area contributed by atoms with E-state index >= 15 is 0 Å². The maximum Gasteiger partial charge on any atom is 0.276 e. The summed E-state index contributed by atoms with van der Waals surface area (Å²) in [7, 11) is 0. The number of hydrogen-bond donors (Lipinski definition) is 2. The van der Waals surface area contributed by atoms with Gasteiger partial charge in [-0.25, -0.2) is 0 Å². The van der Waals surface area contributed by atoms with Crippen molar-refractivity contribution in [2.75, 3.05) is 10.6 Å². The number of anilines is 2. The van der Waals surface area contributed by atoms with Crippen molar-refractivity contribution in [3.63, 3.8) is 0 Å². The molecule has 0 aliphatic carbocycles. The van der Waals surface area contributed by atoms with Crippen molar-refractivity contribution in [3.05, 3.63) is 47.2 Å². The summed E-state index contributed by atoms with van der Waals surface area (Å²) < 4.78 is 0. The van der Waals surface area contributed by atoms with E-state index in [-0.39, 0.29) is 11.6 Å². The highest BCUT2D eigenvalue weighted by molar-refractivity contribution is 6.34. The molecule has 0 bridgehead atoms. The summed E-state index contributed by atoms with van der Waals surface area (Å²) in [6.07, 6.45) is 1.84. The van der Waals surface area contributed by atoms with Crippen molar-refractivity contribution < 1.29 is 9.59 Å². The Hall–Kier alpha value is -2.47. The maximum atomic E-state index is 12.0. The average Bonchev–Trinajstić information content (AvgIpc) is 2.51. The molecule has 0 aliphatic heterocycles. The van der Waals surface area contributed by atoms with Crippen LogP contribution in [0.5, 0.6) is 0 Å². The van der Waals surface area contributed by atoms with E-state index < -0.39 is 5.91 Å². The number of carbonyl (C=O) groups is 2. The van der Waals surface area contributed by atoms with Gasteiger partial charge in [-0.3, -0.25) is 9.59 Å². The molecule has 7 heteroatoms. The molecule has 0 unspecified atom stereocenters. The first-order chi connectivity index (χ1) is 10.1. The van der Waals surface area contributed by atoms with Gasteiger partial charge in [-0.15, -0.1) is 5.10 Å². The second-order valence-electron chi connectivity index (χ2n) is 4.16. The number of amides is 2. The smallest absolute Gasteiger partial charge is 0.276 e. The number of nitrogens with one attached hydrogen (secondary N) is 2. The van der Waals surface area contributed by atoms with Gasteiger partial charge in [-0.1, -0.05) is 18.5 Å². The molecule has 0 aliphatic rings. The van der Waals surface area contributed by atoms with Gasteiger partial charge in [0, 0.05) is 18.3 Å². The van der Waals surface area contributed by atoms with Crippen molar-refractivity contribution >= 4 is 34.8 Å². The first kappa shape index (κ1) is 14.9. The Bertz CT molecular complexity index is 661. The van der Waals surface area contributed by atoms with E-state index in [2.05, 4.69) is 20.8 Å². The number of carbonyl (C=O) groups excluding carboxylic acids is 2. The van der Waals surface area contributed by atoms with Crippen LogP contribution in [0.1, 0.15) is 23.8 Å². The zero-order valence-corrected chi connectivity index (χ0v) is 12.0. The van der Waals surface area contributed by atoms with E-state index in [1.54, 1.807) is 37.3 Å². The van der Waals surface area contributed by atoms with Gasteiger partial charge in [0.15, 0.2) is 5.69 Å². The lowest BCUT2D eigenvalue weighted by molar-refractivity contribution is -0.115. The molecule has 0 radical (unpaired) electrons. The van der Waals surface area contributed by atoms with E-state index in [0.717, 1.165) is 0 Å². The minimum Gasteiger partial charge on any atom is -0.326 e. The summed E-state index contributed by atoms with van der Waals surface area (Å²) in [4.78, 5) is 23.4. The van der Waals surface area contributed by atoms with Gasteiger partial charge in [-0.2, -0.15) is 5.10 Å². The van der Waals surface area contributed by atoms with Gasteiger partial charge in [0.1, 0.15) is 0 Å². The quantitative estimate of drug-likeness (QED) is 0.909. The normalized spacial score (nSPS) is 10.0. The standard InChI is InChI=1S/C14H13ClN4O2/c1-2-13(20)17-9-5-6-10(15)12(8-9)18-14(21)11-4-3-7-16-19-11/h3-8H,2H2,1H3,(H,17,20)(H,18,21). The van der Waals surface area contributed by atoms with Crippen molar-refractivity contribution in [1.82, 2.24) is 10.2 Å². The van der Waals surface area contributed by atoms with Gasteiger partial charge in [-0.05, 0) is 30.3 Å². The SMILES string of the molecule is CCC(=O)Nc1ccc(Cl)c(NC(=O)c2cccnn2)c1. The predicted molar refractivity (Wildman–Crippen MR) is 80.4 cm³/mol. The summed E-state index contributed by atoms with van der Waals surface area (Å²) >= 11 is 6.03. The third-order valence-corrected chi connectivity index (χ3v) is 2.95. The second-order valence-corrected chi connectivity index (χ2v) is 4.57. The van der Waals surface area contributed by atoms with Crippen LogP contribution in [0.25, 0.3) is 0 Å². The van der Waals surface area contributed by atoms with Crippen LogP contribution < -0.4 is 10.6 Å². The Labute approximate surface area is 126 Å². The summed E-state index contributed by atoms with van der Waals surface area (Å²) in [5, 5.41) is 13.0. The largest absolute Gasteiger partial charge is 0.326 e. The number of rotatable bonds is 4. The third kappa shape index (κ3) is 4.00. The van der Waals surface area contributed by atoms with Crippen LogP contribution >= 0.6 is 11.6 Å². The van der Waals surface area contributed by atoms with Crippen molar-refractivity contribution in [1.29, 1.82) is 0 Å². The molecule has 0 saturated heterocycles. The van der Waals surface area contributed by atoms with Crippen LogP contribution in [-0.2, 0) is 4.79 Å². The van der Waals surface area contributed by atoms with E-state index in [1.807, 2.05) is 0 Å². The van der Waals surface area contributed by atoms with Gasteiger partial charge >= 0.3 is 0 Å². The monoisotopic (exact) mass is 304 g/mol. The molecule has 0 atom stereocenters. The fourth-order valence-electron chi connectivity index (χ4n) is 1.56. The summed E-state index contributed by atoms with van der Waals surface area (Å²) in [5.41, 5.74) is 1.12. The van der Waals surface area contributed by atoms with Crippen molar-refractivity contribution in [3.8, 4) is 0 Å². The highest BCUT2D eigenvalue weighted by Gasteiger charge is 2.11. The van der Waals surface area contributed by atoms with Crippen LogP contribution in [0.4, 0.5) is 11.4 Å². The molecular formula is C14H13ClN4O2. The van der Waals surface area contributed by atoms with Crippen molar-refractivity contribution in [2.45, 2.75) is 13.3 Å². The number of hydrogen-bond acceptors (Lipinski definition) is 4. The molecule has 108 valence electrons. The number of aromatic nitrogens is 2. The van der Waals surface area contributed by atoms with Gasteiger partial charge in [0.25, 0.3) is 5.91 Å². The predicted octanol–water partition coefficient (Wildman–Crippen LogP) is 2.73. The topological polar surface area (TPSA) is 84.0 Å². The minimum absolute atomic E-state index is 0.122. The van der Waals surface area contributed by atoms with Crippen LogP contribution in [0.3, 0.4) is 0 Å². The van der Waals surface area contributed by atoms with Crippen LogP contribution in [0, 0.1) is 0 Å². The molecule has 0 saturated carbocycles. The van der Waals surface area contributed by atoms with E-state index in [9.17, 15) is 9.59 Å². The zero-order valence-electron chi connectivity index (χ0n) is 11.3. The zero-order chi connectivity index (χ0) is 15.2. The molecule has 0 spiro atoms. The number of nitrogens with zero attached hydrogens (tertiary/aromatic N) is 2. The van der Waals surface area contributed by atoms with Crippen molar-refractivity contribution in [2.24, 2.45) is 0 Å². The lowest BCUT2D eigenvalue weighted by atomic mass is 10.2. The first-order valence-corrected chi connectivity index (χ1v) is 6.66. The number of benzene rings is 1. The van der Waals surface area contributed by atoms with E-state index in [0.29, 0.717) is 22.8 Å². The van der Waals surface area contributed by atoms with Gasteiger partial charge < -0.3 is 10.6 Å². The van der Waals surface area contributed by atoms with E-state index in [4.69, 9.17) is 11.6 Å². The van der Waals surface area contributed by atoms with Gasteiger partial charge in [0.2, 0.25) is 5.91 Å². The Morgan fingerprint density at radius 3 is 2.71 bits per heavy atom. The Morgan fingerprint density at radius 2 is 2.05 bits per heavy atom. The lowest BCUT2D eigenvalue weighted by Gasteiger charge is -2.09. The molecule has 21 heavy (non-hydrogen) atoms. The molecular weight excluding hydrogens is 292 g/mol. The van der Waals surface area contributed by atoms with E-state index in [1.165, 1.54) is 6.20 Å². The highest BCUT2D eigenvalue weighted by atomic mass is 35.5. The molecule has 1 heterocycles.